The Hall–Kier alpha value is -2.00. The molecule has 1 unspecified atom stereocenters. The van der Waals surface area contributed by atoms with Crippen LogP contribution >= 0.6 is 12.4 Å². The number of para-hydroxylation sites is 1. The first kappa shape index (κ1) is 17.4. The van der Waals surface area contributed by atoms with Gasteiger partial charge >= 0.3 is 0 Å². The van der Waals surface area contributed by atoms with Crippen LogP contribution in [0.15, 0.2) is 48.5 Å². The molecule has 0 radical (unpaired) electrons. The number of amides is 1. The van der Waals surface area contributed by atoms with Crippen molar-refractivity contribution < 1.29 is 4.79 Å². The molecule has 23 heavy (non-hydrogen) atoms. The number of fused-ring (bicyclic) bond motifs is 1. The van der Waals surface area contributed by atoms with E-state index in [1.54, 1.807) is 0 Å². The van der Waals surface area contributed by atoms with E-state index in [0.717, 1.165) is 24.1 Å². The summed E-state index contributed by atoms with van der Waals surface area (Å²) in [5.41, 5.74) is 10.4. The molecular formula is C19H23ClN2O. The fourth-order valence-electron chi connectivity index (χ4n) is 3.29. The van der Waals surface area contributed by atoms with Gasteiger partial charge in [0.1, 0.15) is 0 Å². The summed E-state index contributed by atoms with van der Waals surface area (Å²) in [5, 5.41) is 0. The van der Waals surface area contributed by atoms with Crippen LogP contribution in [0.25, 0.3) is 0 Å². The van der Waals surface area contributed by atoms with E-state index in [1.165, 1.54) is 11.1 Å². The van der Waals surface area contributed by atoms with Crippen molar-refractivity contribution in [1.82, 2.24) is 4.90 Å². The Morgan fingerprint density at radius 1 is 1.17 bits per heavy atom. The van der Waals surface area contributed by atoms with Gasteiger partial charge in [-0.3, -0.25) is 4.79 Å². The van der Waals surface area contributed by atoms with Gasteiger partial charge in [0.15, 0.2) is 0 Å². The molecule has 0 bridgehead atoms. The second kappa shape index (κ2) is 7.51. The van der Waals surface area contributed by atoms with Gasteiger partial charge in [-0.05, 0) is 42.0 Å². The van der Waals surface area contributed by atoms with Crippen LogP contribution in [0.4, 0.5) is 5.69 Å². The number of anilines is 1. The third-order valence-corrected chi connectivity index (χ3v) is 4.63. The van der Waals surface area contributed by atoms with Crippen LogP contribution in [-0.2, 0) is 17.6 Å². The minimum absolute atomic E-state index is 0. The summed E-state index contributed by atoms with van der Waals surface area (Å²) in [4.78, 5) is 14.4. The van der Waals surface area contributed by atoms with E-state index >= 15 is 0 Å². The number of rotatable bonds is 4. The van der Waals surface area contributed by atoms with Gasteiger partial charge in [-0.2, -0.15) is 0 Å². The van der Waals surface area contributed by atoms with Crippen molar-refractivity contribution in [3.05, 3.63) is 65.2 Å². The molecule has 3 nitrogen and oxygen atoms in total. The van der Waals surface area contributed by atoms with Crippen LogP contribution in [0, 0.1) is 0 Å². The average molecular weight is 331 g/mol. The highest BCUT2D eigenvalue weighted by molar-refractivity contribution is 5.85. The first-order valence-electron chi connectivity index (χ1n) is 7.83. The Morgan fingerprint density at radius 2 is 1.87 bits per heavy atom. The van der Waals surface area contributed by atoms with E-state index < -0.39 is 0 Å². The number of nitrogens with zero attached hydrogens (tertiary/aromatic N) is 1. The Bertz CT molecular complexity index is 687. The third-order valence-electron chi connectivity index (χ3n) is 4.63. The number of nitrogens with two attached hydrogens (primary N) is 1. The zero-order chi connectivity index (χ0) is 15.5. The summed E-state index contributed by atoms with van der Waals surface area (Å²) < 4.78 is 0. The maximum atomic E-state index is 12.5. The summed E-state index contributed by atoms with van der Waals surface area (Å²) in [6, 6.07) is 16.4. The summed E-state index contributed by atoms with van der Waals surface area (Å²) in [7, 11) is 1.92. The molecule has 2 aromatic carbocycles. The first-order chi connectivity index (χ1) is 10.7. The van der Waals surface area contributed by atoms with Crippen molar-refractivity contribution >= 4 is 24.0 Å². The highest BCUT2D eigenvalue weighted by Crippen LogP contribution is 2.35. The van der Waals surface area contributed by atoms with Crippen molar-refractivity contribution in [2.45, 2.75) is 31.7 Å². The molecule has 0 aliphatic heterocycles. The number of aryl methyl sites for hydroxylation is 2. The molecule has 0 aromatic heterocycles. The molecule has 1 amide bonds. The molecule has 1 atom stereocenters. The highest BCUT2D eigenvalue weighted by atomic mass is 35.5. The van der Waals surface area contributed by atoms with Gasteiger partial charge in [-0.25, -0.2) is 0 Å². The maximum absolute atomic E-state index is 12.5. The van der Waals surface area contributed by atoms with Gasteiger partial charge in [0.25, 0.3) is 0 Å². The number of nitrogen functional groups attached to an aromatic ring is 1. The fourth-order valence-corrected chi connectivity index (χ4v) is 3.29. The lowest BCUT2D eigenvalue weighted by Gasteiger charge is -2.25. The average Bonchev–Trinajstić information content (AvgIpc) is 2.97. The fraction of sp³-hybridized carbons (Fsp3) is 0.316. The summed E-state index contributed by atoms with van der Waals surface area (Å²) in [6.07, 6.45) is 3.28. The minimum Gasteiger partial charge on any atom is -0.399 e. The van der Waals surface area contributed by atoms with Gasteiger partial charge < -0.3 is 10.6 Å². The quantitative estimate of drug-likeness (QED) is 0.867. The molecule has 0 saturated carbocycles. The number of carbonyl (C=O) groups is 1. The number of hydrogen-bond donors (Lipinski definition) is 1. The van der Waals surface area contributed by atoms with Crippen LogP contribution < -0.4 is 5.73 Å². The molecule has 0 spiro atoms. The van der Waals surface area contributed by atoms with E-state index in [0.29, 0.717) is 12.8 Å². The van der Waals surface area contributed by atoms with Crippen molar-refractivity contribution in [2.75, 3.05) is 12.8 Å². The molecular weight excluding hydrogens is 308 g/mol. The molecule has 3 rings (SSSR count). The van der Waals surface area contributed by atoms with Gasteiger partial charge in [-0.15, -0.1) is 12.4 Å². The number of carbonyl (C=O) groups excluding carboxylic acids is 1. The van der Waals surface area contributed by atoms with E-state index in [2.05, 4.69) is 24.3 Å². The van der Waals surface area contributed by atoms with Crippen molar-refractivity contribution in [2.24, 2.45) is 0 Å². The smallest absolute Gasteiger partial charge is 0.223 e. The minimum atomic E-state index is 0. The van der Waals surface area contributed by atoms with Crippen LogP contribution in [-0.4, -0.2) is 17.9 Å². The van der Waals surface area contributed by atoms with Crippen LogP contribution in [0.1, 0.15) is 35.6 Å². The molecule has 2 N–H and O–H groups in total. The third kappa shape index (κ3) is 3.67. The predicted molar refractivity (Wildman–Crippen MR) is 96.7 cm³/mol. The van der Waals surface area contributed by atoms with Crippen LogP contribution in [0.2, 0.25) is 0 Å². The molecule has 4 heteroatoms. The zero-order valence-electron chi connectivity index (χ0n) is 13.4. The second-order valence-corrected chi connectivity index (χ2v) is 5.96. The number of benzene rings is 2. The van der Waals surface area contributed by atoms with Gasteiger partial charge in [0.2, 0.25) is 5.91 Å². The Labute approximate surface area is 143 Å². The first-order valence-corrected chi connectivity index (χ1v) is 7.83. The lowest BCUT2D eigenvalue weighted by molar-refractivity contribution is -0.132. The molecule has 1 aliphatic carbocycles. The number of halogens is 1. The van der Waals surface area contributed by atoms with Crippen molar-refractivity contribution in [3.63, 3.8) is 0 Å². The van der Waals surface area contributed by atoms with Crippen molar-refractivity contribution in [3.8, 4) is 0 Å². The molecule has 1 aliphatic rings. The highest BCUT2D eigenvalue weighted by Gasteiger charge is 2.27. The molecule has 0 heterocycles. The normalized spacial score (nSPS) is 15.6. The lowest BCUT2D eigenvalue weighted by atomic mass is 10.0. The second-order valence-electron chi connectivity index (χ2n) is 5.96. The molecule has 122 valence electrons. The number of hydrogen-bond acceptors (Lipinski definition) is 2. The molecule has 0 saturated heterocycles. The van der Waals surface area contributed by atoms with E-state index in [4.69, 9.17) is 5.73 Å². The Morgan fingerprint density at radius 3 is 2.65 bits per heavy atom. The van der Waals surface area contributed by atoms with Gasteiger partial charge in [0.05, 0.1) is 6.04 Å². The molecule has 2 aromatic rings. The predicted octanol–water partition coefficient (Wildman–Crippen LogP) is 3.77. The zero-order valence-corrected chi connectivity index (χ0v) is 14.2. The Kier molecular flexibility index (Phi) is 5.67. The Balaban J connectivity index is 0.00000192. The summed E-state index contributed by atoms with van der Waals surface area (Å²) in [6.45, 7) is 0. The van der Waals surface area contributed by atoms with E-state index in [1.807, 2.05) is 36.2 Å². The van der Waals surface area contributed by atoms with Crippen LogP contribution in [0.5, 0.6) is 0 Å². The van der Waals surface area contributed by atoms with E-state index in [-0.39, 0.29) is 24.4 Å². The lowest BCUT2D eigenvalue weighted by Crippen LogP contribution is -2.30. The molecule has 0 fully saturated rings. The maximum Gasteiger partial charge on any atom is 0.223 e. The van der Waals surface area contributed by atoms with Gasteiger partial charge in [0, 0.05) is 19.2 Å². The van der Waals surface area contributed by atoms with Crippen molar-refractivity contribution in [1.29, 1.82) is 0 Å². The summed E-state index contributed by atoms with van der Waals surface area (Å²) in [5.74, 6) is 0.185. The van der Waals surface area contributed by atoms with Gasteiger partial charge in [-0.1, -0.05) is 42.5 Å². The topological polar surface area (TPSA) is 46.3 Å². The standard InChI is InChI=1S/C19H22N2O.ClH/c1-21(18-12-10-14-6-2-4-8-16(14)18)19(22)13-11-15-7-3-5-9-17(15)20;/h2-9,18H,10-13,20H2,1H3;1H. The van der Waals surface area contributed by atoms with E-state index in [9.17, 15) is 4.79 Å². The largest absolute Gasteiger partial charge is 0.399 e. The SMILES string of the molecule is CN(C(=O)CCc1ccccc1N)C1CCc2ccccc21.Cl. The monoisotopic (exact) mass is 330 g/mol. The van der Waals surface area contributed by atoms with Crippen LogP contribution in [0.3, 0.4) is 0 Å². The summed E-state index contributed by atoms with van der Waals surface area (Å²) >= 11 is 0.